The van der Waals surface area contributed by atoms with Crippen molar-refractivity contribution in [2.24, 2.45) is 0 Å². The lowest BCUT2D eigenvalue weighted by Gasteiger charge is -2.06. The number of quaternary nitrogens is 1. The highest BCUT2D eigenvalue weighted by Crippen LogP contribution is 2.00. The fourth-order valence-electron chi connectivity index (χ4n) is 0.970. The smallest absolute Gasteiger partial charge is 0.117 e. The lowest BCUT2D eigenvalue weighted by Crippen LogP contribution is -2.64. The SMILES string of the molecule is [NH3+]C(CS)COCc1ccccc1. The Morgan fingerprint density at radius 2 is 2.00 bits per heavy atom. The maximum Gasteiger partial charge on any atom is 0.117 e. The third-order valence-electron chi connectivity index (χ3n) is 1.72. The van der Waals surface area contributed by atoms with E-state index in [-0.39, 0.29) is 6.04 Å². The molecule has 0 heterocycles. The molecule has 72 valence electrons. The van der Waals surface area contributed by atoms with Crippen molar-refractivity contribution in [3.8, 4) is 0 Å². The molecule has 0 bridgehead atoms. The predicted molar refractivity (Wildman–Crippen MR) is 56.6 cm³/mol. The molecule has 0 amide bonds. The first-order chi connectivity index (χ1) is 6.33. The molecule has 0 saturated heterocycles. The monoisotopic (exact) mass is 198 g/mol. The van der Waals surface area contributed by atoms with E-state index in [0.29, 0.717) is 13.2 Å². The molecule has 2 nitrogen and oxygen atoms in total. The van der Waals surface area contributed by atoms with Gasteiger partial charge in [-0.25, -0.2) is 0 Å². The van der Waals surface area contributed by atoms with Gasteiger partial charge in [-0.1, -0.05) is 30.3 Å². The molecule has 0 aliphatic carbocycles. The number of hydrogen-bond donors (Lipinski definition) is 2. The van der Waals surface area contributed by atoms with Crippen LogP contribution in [0.15, 0.2) is 30.3 Å². The summed E-state index contributed by atoms with van der Waals surface area (Å²) in [7, 11) is 0. The van der Waals surface area contributed by atoms with Gasteiger partial charge in [0.1, 0.15) is 6.04 Å². The number of ether oxygens (including phenoxy) is 1. The van der Waals surface area contributed by atoms with Gasteiger partial charge in [-0.15, -0.1) is 0 Å². The summed E-state index contributed by atoms with van der Waals surface area (Å²) in [4.78, 5) is 0. The predicted octanol–water partition coefficient (Wildman–Crippen LogP) is 0.743. The summed E-state index contributed by atoms with van der Waals surface area (Å²) >= 11 is 4.13. The van der Waals surface area contributed by atoms with Crippen LogP contribution in [-0.4, -0.2) is 18.4 Å². The summed E-state index contributed by atoms with van der Waals surface area (Å²) in [5.74, 6) is 0.773. The highest BCUT2D eigenvalue weighted by molar-refractivity contribution is 7.80. The van der Waals surface area contributed by atoms with E-state index in [1.165, 1.54) is 5.56 Å². The summed E-state index contributed by atoms with van der Waals surface area (Å²) in [5, 5.41) is 0. The van der Waals surface area contributed by atoms with Gasteiger partial charge in [-0.3, -0.25) is 0 Å². The van der Waals surface area contributed by atoms with Crippen molar-refractivity contribution < 1.29 is 10.5 Å². The van der Waals surface area contributed by atoms with Crippen molar-refractivity contribution in [1.82, 2.24) is 0 Å². The molecule has 0 aliphatic heterocycles. The van der Waals surface area contributed by atoms with E-state index in [9.17, 15) is 0 Å². The fraction of sp³-hybridized carbons (Fsp3) is 0.400. The van der Waals surface area contributed by atoms with Gasteiger partial charge in [0.2, 0.25) is 0 Å². The third kappa shape index (κ3) is 4.31. The molecular formula is C10H16NOS+. The van der Waals surface area contributed by atoms with Gasteiger partial charge in [0.25, 0.3) is 0 Å². The van der Waals surface area contributed by atoms with Gasteiger partial charge in [-0.2, -0.15) is 12.6 Å². The van der Waals surface area contributed by atoms with Gasteiger partial charge in [-0.05, 0) is 5.56 Å². The van der Waals surface area contributed by atoms with Gasteiger partial charge in [0.15, 0.2) is 0 Å². The average molecular weight is 198 g/mol. The van der Waals surface area contributed by atoms with Crippen LogP contribution in [0.4, 0.5) is 0 Å². The van der Waals surface area contributed by atoms with E-state index in [1.54, 1.807) is 0 Å². The molecule has 1 atom stereocenters. The van der Waals surface area contributed by atoms with Crippen LogP contribution in [0.3, 0.4) is 0 Å². The van der Waals surface area contributed by atoms with E-state index in [2.05, 4.69) is 30.5 Å². The van der Waals surface area contributed by atoms with Gasteiger partial charge < -0.3 is 10.5 Å². The van der Waals surface area contributed by atoms with Crippen molar-refractivity contribution >= 4 is 12.6 Å². The van der Waals surface area contributed by atoms with E-state index in [4.69, 9.17) is 4.74 Å². The number of benzene rings is 1. The molecule has 0 radical (unpaired) electrons. The molecule has 3 heteroatoms. The van der Waals surface area contributed by atoms with Crippen LogP contribution in [0.1, 0.15) is 5.56 Å². The quantitative estimate of drug-likeness (QED) is 0.673. The number of rotatable bonds is 5. The summed E-state index contributed by atoms with van der Waals surface area (Å²) in [6.07, 6.45) is 0. The maximum absolute atomic E-state index is 5.46. The fourth-order valence-corrected chi connectivity index (χ4v) is 1.08. The second-order valence-electron chi connectivity index (χ2n) is 3.05. The standard InChI is InChI=1S/C10H15NOS/c11-10(8-13)7-12-6-9-4-2-1-3-5-9/h1-5,10,13H,6-8,11H2/p+1. The Morgan fingerprint density at radius 3 is 2.62 bits per heavy atom. The molecule has 0 aliphatic rings. The molecule has 1 rings (SSSR count). The molecule has 0 spiro atoms. The molecule has 0 aromatic heterocycles. The summed E-state index contributed by atoms with van der Waals surface area (Å²) in [6.45, 7) is 1.35. The highest BCUT2D eigenvalue weighted by Gasteiger charge is 2.02. The lowest BCUT2D eigenvalue weighted by atomic mass is 10.2. The molecule has 3 N–H and O–H groups in total. The van der Waals surface area contributed by atoms with Crippen molar-refractivity contribution in [3.05, 3.63) is 35.9 Å². The molecule has 1 unspecified atom stereocenters. The number of thiol groups is 1. The average Bonchev–Trinajstić information content (AvgIpc) is 2.19. The minimum atomic E-state index is 0.284. The largest absolute Gasteiger partial charge is 0.371 e. The van der Waals surface area contributed by atoms with E-state index < -0.39 is 0 Å². The molecule has 1 aromatic carbocycles. The van der Waals surface area contributed by atoms with Crippen LogP contribution < -0.4 is 5.73 Å². The Bertz CT molecular complexity index is 228. The molecule has 0 saturated carbocycles. The van der Waals surface area contributed by atoms with Crippen LogP contribution in [0.25, 0.3) is 0 Å². The Kier molecular flexibility index (Phi) is 4.90. The van der Waals surface area contributed by atoms with E-state index >= 15 is 0 Å². The van der Waals surface area contributed by atoms with Crippen LogP contribution in [-0.2, 0) is 11.3 Å². The molecular weight excluding hydrogens is 182 g/mol. The van der Waals surface area contributed by atoms with Crippen LogP contribution in [0.5, 0.6) is 0 Å². The van der Waals surface area contributed by atoms with Crippen molar-refractivity contribution in [2.45, 2.75) is 12.6 Å². The summed E-state index contributed by atoms with van der Waals surface area (Å²) in [6, 6.07) is 10.4. The zero-order valence-electron chi connectivity index (χ0n) is 7.65. The first-order valence-corrected chi connectivity index (χ1v) is 5.02. The summed E-state index contributed by atoms with van der Waals surface area (Å²) in [5.41, 5.74) is 5.09. The van der Waals surface area contributed by atoms with Crippen LogP contribution in [0.2, 0.25) is 0 Å². The molecule has 1 aromatic rings. The van der Waals surface area contributed by atoms with Crippen LogP contribution >= 0.6 is 12.6 Å². The first kappa shape index (κ1) is 10.6. The van der Waals surface area contributed by atoms with E-state index in [0.717, 1.165) is 5.75 Å². The van der Waals surface area contributed by atoms with Crippen molar-refractivity contribution in [3.63, 3.8) is 0 Å². The van der Waals surface area contributed by atoms with Gasteiger partial charge >= 0.3 is 0 Å². The second-order valence-corrected chi connectivity index (χ2v) is 3.41. The van der Waals surface area contributed by atoms with Crippen molar-refractivity contribution in [1.29, 1.82) is 0 Å². The zero-order chi connectivity index (χ0) is 9.52. The summed E-state index contributed by atoms with van der Waals surface area (Å²) < 4.78 is 5.46. The van der Waals surface area contributed by atoms with E-state index in [1.807, 2.05) is 18.2 Å². The third-order valence-corrected chi connectivity index (χ3v) is 2.24. The Labute approximate surface area is 84.5 Å². The number of hydrogen-bond acceptors (Lipinski definition) is 2. The Balaban J connectivity index is 2.20. The lowest BCUT2D eigenvalue weighted by molar-refractivity contribution is -0.419. The molecule has 13 heavy (non-hydrogen) atoms. The Morgan fingerprint density at radius 1 is 1.31 bits per heavy atom. The normalized spacial score (nSPS) is 12.8. The van der Waals surface area contributed by atoms with Crippen LogP contribution in [0, 0.1) is 0 Å². The maximum atomic E-state index is 5.46. The zero-order valence-corrected chi connectivity index (χ0v) is 8.54. The highest BCUT2D eigenvalue weighted by atomic mass is 32.1. The first-order valence-electron chi connectivity index (χ1n) is 4.38. The van der Waals surface area contributed by atoms with Gasteiger partial charge in [0, 0.05) is 5.75 Å². The van der Waals surface area contributed by atoms with Gasteiger partial charge in [0.05, 0.1) is 13.2 Å². The topological polar surface area (TPSA) is 36.9 Å². The minimum absolute atomic E-state index is 0.284. The molecule has 0 fully saturated rings. The van der Waals surface area contributed by atoms with Crippen molar-refractivity contribution in [2.75, 3.05) is 12.4 Å². The second kappa shape index (κ2) is 6.02. The minimum Gasteiger partial charge on any atom is -0.371 e. The Hall–Kier alpha value is -0.510.